The van der Waals surface area contributed by atoms with Crippen molar-refractivity contribution >= 4 is 17.9 Å². The first kappa shape index (κ1) is 73.6. The Morgan fingerprint density at radius 2 is 0.447 bits per heavy atom. The molecule has 0 heterocycles. The van der Waals surface area contributed by atoms with Gasteiger partial charge in [0.25, 0.3) is 0 Å². The zero-order chi connectivity index (χ0) is 55.0. The van der Waals surface area contributed by atoms with Crippen molar-refractivity contribution in [3.8, 4) is 0 Å². The Morgan fingerprint density at radius 3 is 0.697 bits per heavy atom. The van der Waals surface area contributed by atoms with E-state index in [4.69, 9.17) is 14.2 Å². The van der Waals surface area contributed by atoms with Crippen molar-refractivity contribution in [2.75, 3.05) is 13.2 Å². The molecular formula is C70H130O6. The fourth-order valence-electron chi connectivity index (χ4n) is 10.2. The summed E-state index contributed by atoms with van der Waals surface area (Å²) < 4.78 is 16.9. The Labute approximate surface area is 474 Å². The molecule has 0 N–H and O–H groups in total. The minimum atomic E-state index is -0.777. The lowest BCUT2D eigenvalue weighted by Crippen LogP contribution is -2.30. The fraction of sp³-hybridized carbons (Fsp3) is 0.871. The molecule has 1 unspecified atom stereocenters. The van der Waals surface area contributed by atoms with Gasteiger partial charge in [-0.2, -0.15) is 0 Å². The summed E-state index contributed by atoms with van der Waals surface area (Å²) in [7, 11) is 0. The van der Waals surface area contributed by atoms with Gasteiger partial charge in [-0.25, -0.2) is 0 Å². The van der Waals surface area contributed by atoms with Crippen molar-refractivity contribution < 1.29 is 28.6 Å². The standard InChI is InChI=1S/C70H130O6/c1-4-7-10-13-16-19-22-24-26-27-28-29-30-31-32-33-34-35-36-37-38-39-40-41-42-43-44-46-48-51-54-57-60-63-69(72)75-66-67(65-74-68(71)62-59-56-53-50-47-21-18-15-12-9-6-3)76-70(73)64-61-58-55-52-49-45-25-23-20-17-14-11-8-5-2/h15,18,23,25,27-28,67H,4-14,16-17,19-22,24,26,29-66H2,1-3H3/b18-15-,25-23-,28-27-. The molecule has 446 valence electrons. The Balaban J connectivity index is 4.03. The first-order valence-corrected chi connectivity index (χ1v) is 34.0. The molecule has 0 fully saturated rings. The average Bonchev–Trinajstić information content (AvgIpc) is 3.42. The van der Waals surface area contributed by atoms with E-state index in [-0.39, 0.29) is 31.1 Å². The van der Waals surface area contributed by atoms with Crippen LogP contribution in [0, 0.1) is 0 Å². The number of hydrogen-bond acceptors (Lipinski definition) is 6. The third kappa shape index (κ3) is 62.5. The van der Waals surface area contributed by atoms with Gasteiger partial charge in [-0.05, 0) is 89.9 Å². The molecule has 0 spiro atoms. The van der Waals surface area contributed by atoms with Crippen LogP contribution in [-0.4, -0.2) is 37.2 Å². The van der Waals surface area contributed by atoms with Crippen LogP contribution >= 0.6 is 0 Å². The smallest absolute Gasteiger partial charge is 0.306 e. The SMILES string of the molecule is CCCC/C=C\CCCCCCCC(=O)OCC(COC(=O)CCCCCCCCCCCCCCCCCCCCCCC/C=C\CCCCCCCCCC)OC(=O)CCCCCCC/C=C\CCCCCCC. The molecule has 0 aliphatic heterocycles. The predicted molar refractivity (Wildman–Crippen MR) is 330 cm³/mol. The van der Waals surface area contributed by atoms with E-state index in [9.17, 15) is 14.4 Å². The minimum Gasteiger partial charge on any atom is -0.462 e. The summed E-state index contributed by atoms with van der Waals surface area (Å²) >= 11 is 0. The lowest BCUT2D eigenvalue weighted by Gasteiger charge is -2.18. The maximum atomic E-state index is 12.9. The molecule has 6 heteroatoms. The Kier molecular flexibility index (Phi) is 63.1. The molecule has 0 rings (SSSR count). The lowest BCUT2D eigenvalue weighted by atomic mass is 10.0. The quantitative estimate of drug-likeness (QED) is 0.0261. The second kappa shape index (κ2) is 65.2. The van der Waals surface area contributed by atoms with Crippen molar-refractivity contribution in [1.29, 1.82) is 0 Å². The highest BCUT2D eigenvalue weighted by Gasteiger charge is 2.19. The van der Waals surface area contributed by atoms with Crippen LogP contribution in [0.25, 0.3) is 0 Å². The van der Waals surface area contributed by atoms with E-state index in [1.807, 2.05) is 0 Å². The Hall–Kier alpha value is -2.37. The molecule has 0 saturated carbocycles. The molecule has 1 atom stereocenters. The molecule has 76 heavy (non-hydrogen) atoms. The van der Waals surface area contributed by atoms with Crippen molar-refractivity contribution in [2.45, 2.75) is 380 Å². The molecule has 0 aromatic rings. The van der Waals surface area contributed by atoms with Crippen molar-refractivity contribution in [2.24, 2.45) is 0 Å². The maximum Gasteiger partial charge on any atom is 0.306 e. The average molecular weight is 1070 g/mol. The van der Waals surface area contributed by atoms with Gasteiger partial charge in [0.05, 0.1) is 0 Å². The number of rotatable bonds is 63. The number of unbranched alkanes of at least 4 members (excludes halogenated alkanes) is 46. The number of carbonyl (C=O) groups excluding carboxylic acids is 3. The van der Waals surface area contributed by atoms with E-state index in [1.165, 1.54) is 263 Å². The summed E-state index contributed by atoms with van der Waals surface area (Å²) in [5.41, 5.74) is 0. The summed E-state index contributed by atoms with van der Waals surface area (Å²) in [6, 6.07) is 0. The number of esters is 3. The van der Waals surface area contributed by atoms with Crippen LogP contribution in [0.3, 0.4) is 0 Å². The molecule has 0 saturated heterocycles. The van der Waals surface area contributed by atoms with Gasteiger partial charge in [0.1, 0.15) is 13.2 Å². The van der Waals surface area contributed by atoms with Crippen LogP contribution in [-0.2, 0) is 28.6 Å². The molecule has 0 aromatic carbocycles. The third-order valence-electron chi connectivity index (χ3n) is 15.3. The Morgan fingerprint density at radius 1 is 0.250 bits per heavy atom. The molecule has 0 amide bonds. The van der Waals surface area contributed by atoms with Crippen molar-refractivity contribution in [3.63, 3.8) is 0 Å². The monoisotopic (exact) mass is 1070 g/mol. The highest BCUT2D eigenvalue weighted by atomic mass is 16.6. The minimum absolute atomic E-state index is 0.0741. The number of carbonyl (C=O) groups is 3. The molecule has 0 radical (unpaired) electrons. The molecule has 0 aromatic heterocycles. The summed E-state index contributed by atoms with van der Waals surface area (Å²) in [5.74, 6) is -0.873. The third-order valence-corrected chi connectivity index (χ3v) is 15.3. The van der Waals surface area contributed by atoms with Gasteiger partial charge in [0.2, 0.25) is 0 Å². The predicted octanol–water partition coefficient (Wildman–Crippen LogP) is 23.2. The van der Waals surface area contributed by atoms with Crippen LogP contribution in [0.5, 0.6) is 0 Å². The number of ether oxygens (including phenoxy) is 3. The summed E-state index contributed by atoms with van der Waals surface area (Å²) in [5, 5.41) is 0. The second-order valence-corrected chi connectivity index (χ2v) is 23.1. The van der Waals surface area contributed by atoms with Gasteiger partial charge in [-0.15, -0.1) is 0 Å². The summed E-state index contributed by atoms with van der Waals surface area (Å²) in [6.45, 7) is 6.63. The van der Waals surface area contributed by atoms with Gasteiger partial charge in [0, 0.05) is 19.3 Å². The van der Waals surface area contributed by atoms with Gasteiger partial charge in [-0.3, -0.25) is 14.4 Å². The summed E-state index contributed by atoms with van der Waals surface area (Å²) in [4.78, 5) is 38.2. The molecular weight excluding hydrogens is 937 g/mol. The first-order chi connectivity index (χ1) is 37.5. The maximum absolute atomic E-state index is 12.9. The van der Waals surface area contributed by atoms with E-state index in [1.54, 1.807) is 0 Å². The molecule has 0 bridgehead atoms. The molecule has 0 aliphatic rings. The van der Waals surface area contributed by atoms with Gasteiger partial charge in [-0.1, -0.05) is 301 Å². The first-order valence-electron chi connectivity index (χ1n) is 34.0. The second-order valence-electron chi connectivity index (χ2n) is 23.1. The van der Waals surface area contributed by atoms with Gasteiger partial charge in [0.15, 0.2) is 6.10 Å². The van der Waals surface area contributed by atoms with Crippen molar-refractivity contribution in [3.05, 3.63) is 36.5 Å². The topological polar surface area (TPSA) is 78.9 Å². The number of allylic oxidation sites excluding steroid dienone is 6. The largest absolute Gasteiger partial charge is 0.462 e. The van der Waals surface area contributed by atoms with Gasteiger partial charge >= 0.3 is 17.9 Å². The van der Waals surface area contributed by atoms with Crippen LogP contribution < -0.4 is 0 Å². The zero-order valence-electron chi connectivity index (χ0n) is 51.3. The van der Waals surface area contributed by atoms with E-state index in [0.29, 0.717) is 19.3 Å². The highest BCUT2D eigenvalue weighted by Crippen LogP contribution is 2.18. The van der Waals surface area contributed by atoms with Gasteiger partial charge < -0.3 is 14.2 Å². The zero-order valence-corrected chi connectivity index (χ0v) is 51.3. The fourth-order valence-corrected chi connectivity index (χ4v) is 10.2. The van der Waals surface area contributed by atoms with E-state index < -0.39 is 6.10 Å². The van der Waals surface area contributed by atoms with Crippen molar-refractivity contribution in [1.82, 2.24) is 0 Å². The lowest BCUT2D eigenvalue weighted by molar-refractivity contribution is -0.167. The van der Waals surface area contributed by atoms with E-state index >= 15 is 0 Å². The van der Waals surface area contributed by atoms with Crippen LogP contribution in [0.1, 0.15) is 374 Å². The normalized spacial score (nSPS) is 12.2. The van der Waals surface area contributed by atoms with Crippen LogP contribution in [0.2, 0.25) is 0 Å². The Bertz CT molecular complexity index is 1270. The van der Waals surface area contributed by atoms with Crippen LogP contribution in [0.15, 0.2) is 36.5 Å². The van der Waals surface area contributed by atoms with E-state index in [2.05, 4.69) is 57.2 Å². The van der Waals surface area contributed by atoms with E-state index in [0.717, 1.165) is 70.6 Å². The highest BCUT2D eigenvalue weighted by molar-refractivity contribution is 5.71. The summed E-state index contributed by atoms with van der Waals surface area (Å²) in [6.07, 6.45) is 80.5. The number of hydrogen-bond donors (Lipinski definition) is 0. The molecule has 0 aliphatic carbocycles. The van der Waals surface area contributed by atoms with Crippen LogP contribution in [0.4, 0.5) is 0 Å². The molecule has 6 nitrogen and oxygen atoms in total.